The fourth-order valence-electron chi connectivity index (χ4n) is 1.81. The summed E-state index contributed by atoms with van der Waals surface area (Å²) in [5.41, 5.74) is 4.33. The zero-order chi connectivity index (χ0) is 14.5. The second-order valence-corrected chi connectivity index (χ2v) is 4.41. The summed E-state index contributed by atoms with van der Waals surface area (Å²) in [5.74, 6) is 7.69. The second kappa shape index (κ2) is 6.31. The van der Waals surface area contributed by atoms with Crippen molar-refractivity contribution in [2.24, 2.45) is 5.84 Å². The molecule has 0 bridgehead atoms. The van der Waals surface area contributed by atoms with Gasteiger partial charge in [0.15, 0.2) is 0 Å². The van der Waals surface area contributed by atoms with Gasteiger partial charge in [-0.1, -0.05) is 12.1 Å². The highest BCUT2D eigenvalue weighted by atomic mass is 16.5. The van der Waals surface area contributed by atoms with E-state index in [-0.39, 0.29) is 6.61 Å². The van der Waals surface area contributed by atoms with Crippen LogP contribution in [-0.2, 0) is 6.42 Å². The molecule has 106 valence electrons. The molecule has 2 rings (SSSR count). The number of nitrogen functional groups attached to an aromatic ring is 1. The van der Waals surface area contributed by atoms with Gasteiger partial charge in [0.1, 0.15) is 17.4 Å². The summed E-state index contributed by atoms with van der Waals surface area (Å²) in [6, 6.07) is 7.52. The zero-order valence-corrected chi connectivity index (χ0v) is 11.6. The number of rotatable bonds is 5. The van der Waals surface area contributed by atoms with Crippen molar-refractivity contribution in [2.45, 2.75) is 20.3 Å². The van der Waals surface area contributed by atoms with E-state index in [1.54, 1.807) is 6.92 Å². The minimum atomic E-state index is 0.135. The maximum absolute atomic E-state index is 8.88. The van der Waals surface area contributed by atoms with Crippen molar-refractivity contribution in [1.82, 2.24) is 9.97 Å². The number of hydrogen-bond acceptors (Lipinski definition) is 6. The van der Waals surface area contributed by atoms with Gasteiger partial charge >= 0.3 is 0 Å². The van der Waals surface area contributed by atoms with Crippen LogP contribution in [0.5, 0.6) is 11.6 Å². The third kappa shape index (κ3) is 3.23. The minimum absolute atomic E-state index is 0.135. The number of ether oxygens (including phenoxy) is 1. The minimum Gasteiger partial charge on any atom is -0.439 e. The molecule has 0 aliphatic carbocycles. The highest BCUT2D eigenvalue weighted by Crippen LogP contribution is 2.26. The lowest BCUT2D eigenvalue weighted by molar-refractivity contribution is 0.299. The number of nitrogens with two attached hydrogens (primary N) is 1. The van der Waals surface area contributed by atoms with E-state index < -0.39 is 0 Å². The first-order valence-electron chi connectivity index (χ1n) is 6.33. The van der Waals surface area contributed by atoms with Gasteiger partial charge in [-0.05, 0) is 38.0 Å². The topological polar surface area (TPSA) is 93.3 Å². The molecule has 0 aliphatic rings. The van der Waals surface area contributed by atoms with E-state index in [4.69, 9.17) is 15.7 Å². The number of hydrogen-bond donors (Lipinski definition) is 3. The molecule has 0 saturated carbocycles. The van der Waals surface area contributed by atoms with Crippen molar-refractivity contribution in [3.05, 3.63) is 41.2 Å². The molecule has 6 nitrogen and oxygen atoms in total. The van der Waals surface area contributed by atoms with Crippen LogP contribution in [-0.4, -0.2) is 21.7 Å². The maximum atomic E-state index is 8.88. The predicted molar refractivity (Wildman–Crippen MR) is 76.6 cm³/mol. The number of aliphatic hydroxyl groups is 1. The normalized spacial score (nSPS) is 10.4. The fourth-order valence-corrected chi connectivity index (χ4v) is 1.81. The molecule has 0 aliphatic heterocycles. The smallest absolute Gasteiger partial charge is 0.227 e. The summed E-state index contributed by atoms with van der Waals surface area (Å²) in [4.78, 5) is 8.44. The lowest BCUT2D eigenvalue weighted by Gasteiger charge is -2.11. The third-order valence-electron chi connectivity index (χ3n) is 2.89. The summed E-state index contributed by atoms with van der Waals surface area (Å²) < 4.78 is 5.76. The highest BCUT2D eigenvalue weighted by molar-refractivity contribution is 5.48. The van der Waals surface area contributed by atoms with Crippen LogP contribution in [0.4, 0.5) is 5.82 Å². The molecule has 0 spiro atoms. The predicted octanol–water partition coefficient (Wildman–Crippen LogP) is 1.71. The van der Waals surface area contributed by atoms with Gasteiger partial charge in [-0.3, -0.25) is 0 Å². The number of aryl methyl sites for hydroxylation is 1. The molecule has 0 unspecified atom stereocenters. The molecule has 0 atom stereocenters. The number of benzene rings is 1. The third-order valence-corrected chi connectivity index (χ3v) is 2.89. The van der Waals surface area contributed by atoms with Crippen LogP contribution >= 0.6 is 0 Å². The monoisotopic (exact) mass is 274 g/mol. The molecule has 0 saturated heterocycles. The Kier molecular flexibility index (Phi) is 4.49. The van der Waals surface area contributed by atoms with Crippen molar-refractivity contribution < 1.29 is 9.84 Å². The molecular formula is C14H18N4O2. The number of aromatic nitrogens is 2. The highest BCUT2D eigenvalue weighted by Gasteiger charge is 2.10. The van der Waals surface area contributed by atoms with Crippen LogP contribution in [0.2, 0.25) is 0 Å². The number of nitrogens with one attached hydrogen (secondary N) is 1. The Bertz CT molecular complexity index is 584. The average Bonchev–Trinajstić information content (AvgIpc) is 2.45. The molecule has 0 amide bonds. The average molecular weight is 274 g/mol. The number of nitrogens with zero attached hydrogens (tertiary/aromatic N) is 2. The molecule has 1 heterocycles. The van der Waals surface area contributed by atoms with Crippen LogP contribution in [0.25, 0.3) is 0 Å². The molecule has 6 heteroatoms. The van der Waals surface area contributed by atoms with E-state index in [0.29, 0.717) is 29.7 Å². The van der Waals surface area contributed by atoms with Crippen LogP contribution in [0, 0.1) is 13.8 Å². The van der Waals surface area contributed by atoms with Gasteiger partial charge in [0, 0.05) is 6.61 Å². The Balaban J connectivity index is 2.23. The number of anilines is 1. The Hall–Kier alpha value is -2.18. The Morgan fingerprint density at radius 1 is 1.20 bits per heavy atom. The van der Waals surface area contributed by atoms with Crippen molar-refractivity contribution >= 4 is 5.82 Å². The van der Waals surface area contributed by atoms with Gasteiger partial charge < -0.3 is 15.3 Å². The van der Waals surface area contributed by atoms with E-state index in [0.717, 1.165) is 11.1 Å². The number of hydrazine groups is 1. The first-order valence-corrected chi connectivity index (χ1v) is 6.33. The van der Waals surface area contributed by atoms with Crippen molar-refractivity contribution in [1.29, 1.82) is 0 Å². The maximum Gasteiger partial charge on any atom is 0.227 e. The molecule has 4 N–H and O–H groups in total. The van der Waals surface area contributed by atoms with E-state index in [1.165, 1.54) is 0 Å². The molecule has 1 aromatic carbocycles. The molecule has 0 radical (unpaired) electrons. The SMILES string of the molecule is Cc1nc(NN)c(C)c(Oc2ccc(CCO)cc2)n1. The van der Waals surface area contributed by atoms with E-state index >= 15 is 0 Å². The quantitative estimate of drug-likeness (QED) is 0.567. The summed E-state index contributed by atoms with van der Waals surface area (Å²) in [6.07, 6.45) is 0.632. The summed E-state index contributed by atoms with van der Waals surface area (Å²) in [6.45, 7) is 3.75. The van der Waals surface area contributed by atoms with E-state index in [2.05, 4.69) is 15.4 Å². The Labute approximate surface area is 117 Å². The van der Waals surface area contributed by atoms with Gasteiger partial charge in [0.2, 0.25) is 5.88 Å². The van der Waals surface area contributed by atoms with Crippen LogP contribution < -0.4 is 16.0 Å². The molecule has 1 aromatic heterocycles. The standard InChI is InChI=1S/C14H18N4O2/c1-9-13(18-15)16-10(2)17-14(9)20-12-5-3-11(4-6-12)7-8-19/h3-6,19H,7-8,15H2,1-2H3,(H,16,17,18). The molecule has 0 fully saturated rings. The molecular weight excluding hydrogens is 256 g/mol. The molecule has 2 aromatic rings. The zero-order valence-electron chi connectivity index (χ0n) is 11.6. The van der Waals surface area contributed by atoms with Crippen LogP contribution in [0.3, 0.4) is 0 Å². The summed E-state index contributed by atoms with van der Waals surface area (Å²) in [7, 11) is 0. The lowest BCUT2D eigenvalue weighted by Crippen LogP contribution is -2.12. The van der Waals surface area contributed by atoms with Crippen molar-refractivity contribution in [3.63, 3.8) is 0 Å². The second-order valence-electron chi connectivity index (χ2n) is 4.41. The fraction of sp³-hybridized carbons (Fsp3) is 0.286. The van der Waals surface area contributed by atoms with Gasteiger partial charge in [-0.25, -0.2) is 10.8 Å². The van der Waals surface area contributed by atoms with Gasteiger partial charge in [-0.2, -0.15) is 4.98 Å². The van der Waals surface area contributed by atoms with Crippen molar-refractivity contribution in [2.75, 3.05) is 12.0 Å². The molecule has 20 heavy (non-hydrogen) atoms. The largest absolute Gasteiger partial charge is 0.439 e. The Morgan fingerprint density at radius 3 is 2.50 bits per heavy atom. The summed E-state index contributed by atoms with van der Waals surface area (Å²) >= 11 is 0. The van der Waals surface area contributed by atoms with Gasteiger partial charge in [0.05, 0.1) is 5.56 Å². The lowest BCUT2D eigenvalue weighted by atomic mass is 10.1. The van der Waals surface area contributed by atoms with Crippen molar-refractivity contribution in [3.8, 4) is 11.6 Å². The first kappa shape index (κ1) is 14.2. The van der Waals surface area contributed by atoms with Gasteiger partial charge in [-0.15, -0.1) is 0 Å². The summed E-state index contributed by atoms with van der Waals surface area (Å²) in [5, 5.41) is 8.88. The van der Waals surface area contributed by atoms with Crippen LogP contribution in [0.1, 0.15) is 17.0 Å². The van der Waals surface area contributed by atoms with Gasteiger partial charge in [0.25, 0.3) is 0 Å². The van der Waals surface area contributed by atoms with E-state index in [9.17, 15) is 0 Å². The number of aliphatic hydroxyl groups excluding tert-OH is 1. The van der Waals surface area contributed by atoms with Crippen LogP contribution in [0.15, 0.2) is 24.3 Å². The van der Waals surface area contributed by atoms with E-state index in [1.807, 2.05) is 31.2 Å². The Morgan fingerprint density at radius 2 is 1.90 bits per heavy atom. The first-order chi connectivity index (χ1) is 9.63.